The van der Waals surface area contributed by atoms with E-state index in [0.29, 0.717) is 0 Å². The van der Waals surface area contributed by atoms with Gasteiger partial charge in [-0.2, -0.15) is 13.2 Å². The lowest BCUT2D eigenvalue weighted by molar-refractivity contribution is -0.137. The third kappa shape index (κ3) is 4.58. The van der Waals surface area contributed by atoms with E-state index in [9.17, 15) is 13.2 Å². The molecule has 0 saturated heterocycles. The summed E-state index contributed by atoms with van der Waals surface area (Å²) >= 11 is 1.67. The summed E-state index contributed by atoms with van der Waals surface area (Å²) < 4.78 is 44.6. The monoisotopic (exact) mass is 404 g/mol. The van der Waals surface area contributed by atoms with Crippen molar-refractivity contribution in [3.8, 4) is 16.9 Å². The van der Waals surface area contributed by atoms with Gasteiger partial charge in [0.1, 0.15) is 11.9 Å². The van der Waals surface area contributed by atoms with Gasteiger partial charge in [-0.3, -0.25) is 0 Å². The van der Waals surface area contributed by atoms with E-state index in [1.165, 1.54) is 12.1 Å². The molecule has 5 heteroatoms. The van der Waals surface area contributed by atoms with E-state index >= 15 is 0 Å². The Labute approximate surface area is 167 Å². The Balaban J connectivity index is 1.86. The van der Waals surface area contributed by atoms with Crippen LogP contribution in [0.25, 0.3) is 11.1 Å². The third-order valence-electron chi connectivity index (χ3n) is 4.56. The van der Waals surface area contributed by atoms with Crippen molar-refractivity contribution in [1.82, 2.24) is 0 Å². The molecule has 0 bridgehead atoms. The summed E-state index contributed by atoms with van der Waals surface area (Å²) in [6.45, 7) is 8.36. The first-order valence-corrected chi connectivity index (χ1v) is 9.92. The summed E-state index contributed by atoms with van der Waals surface area (Å²) in [7, 11) is 0. The second-order valence-corrected chi connectivity index (χ2v) is 8.91. The molecule has 1 aromatic heterocycles. The Morgan fingerprint density at radius 2 is 1.61 bits per heavy atom. The van der Waals surface area contributed by atoms with Crippen LogP contribution >= 0.6 is 11.3 Å². The first kappa shape index (κ1) is 20.5. The van der Waals surface area contributed by atoms with Gasteiger partial charge in [0.15, 0.2) is 0 Å². The minimum absolute atomic E-state index is 0.0785. The zero-order valence-corrected chi connectivity index (χ0v) is 17.1. The number of aryl methyl sites for hydroxylation is 1. The molecule has 0 radical (unpaired) electrons. The maximum absolute atomic E-state index is 12.8. The van der Waals surface area contributed by atoms with Gasteiger partial charge >= 0.3 is 6.18 Å². The molecular formula is C23H23F3OS. The predicted molar refractivity (Wildman–Crippen MR) is 109 cm³/mol. The van der Waals surface area contributed by atoms with Gasteiger partial charge in [-0.25, -0.2) is 0 Å². The molecule has 0 amide bonds. The fourth-order valence-electron chi connectivity index (χ4n) is 3.11. The largest absolute Gasteiger partial charge is 0.484 e. The molecule has 0 aliphatic rings. The normalized spacial score (nSPS) is 13.4. The second kappa shape index (κ2) is 7.63. The molecule has 1 nitrogen and oxygen atoms in total. The molecule has 1 atom stereocenters. The topological polar surface area (TPSA) is 9.23 Å². The van der Waals surface area contributed by atoms with Gasteiger partial charge in [-0.05, 0) is 59.3 Å². The zero-order valence-electron chi connectivity index (χ0n) is 16.3. The molecule has 0 N–H and O–H groups in total. The van der Waals surface area contributed by atoms with Crippen molar-refractivity contribution in [3.63, 3.8) is 0 Å². The third-order valence-corrected chi connectivity index (χ3v) is 5.48. The number of benzene rings is 2. The van der Waals surface area contributed by atoms with Crippen molar-refractivity contribution >= 4 is 11.3 Å². The molecule has 3 rings (SSSR count). The lowest BCUT2D eigenvalue weighted by atomic mass is 9.88. The highest BCUT2D eigenvalue weighted by atomic mass is 32.1. The van der Waals surface area contributed by atoms with E-state index in [1.54, 1.807) is 11.3 Å². The molecule has 28 heavy (non-hydrogen) atoms. The standard InChI is InChI=1S/C23H23F3OS/c1-15-14-18(27-21(22(2,3)4)20-6-5-13-28-20)11-12-19(15)16-7-9-17(10-8-16)23(24,25)26/h5-14,21H,1-4H3. The molecule has 3 aromatic rings. The van der Waals surface area contributed by atoms with Crippen LogP contribution in [0, 0.1) is 12.3 Å². The van der Waals surface area contributed by atoms with E-state index in [0.717, 1.165) is 39.4 Å². The maximum atomic E-state index is 12.8. The van der Waals surface area contributed by atoms with E-state index in [2.05, 4.69) is 26.8 Å². The van der Waals surface area contributed by atoms with Gasteiger partial charge in [-0.1, -0.05) is 45.0 Å². The van der Waals surface area contributed by atoms with Gasteiger partial charge < -0.3 is 4.74 Å². The smallest absolute Gasteiger partial charge is 0.416 e. The minimum Gasteiger partial charge on any atom is -0.484 e. The van der Waals surface area contributed by atoms with Gasteiger partial charge in [0.25, 0.3) is 0 Å². The highest BCUT2D eigenvalue weighted by Gasteiger charge is 2.30. The number of alkyl halides is 3. The summed E-state index contributed by atoms with van der Waals surface area (Å²) in [4.78, 5) is 1.16. The van der Waals surface area contributed by atoms with Crippen LogP contribution < -0.4 is 4.74 Å². The van der Waals surface area contributed by atoms with Crippen LogP contribution in [-0.4, -0.2) is 0 Å². The Bertz CT molecular complexity index is 920. The van der Waals surface area contributed by atoms with Crippen LogP contribution in [-0.2, 0) is 6.18 Å². The van der Waals surface area contributed by atoms with Crippen LogP contribution in [0.2, 0.25) is 0 Å². The van der Waals surface area contributed by atoms with Crippen LogP contribution in [0.4, 0.5) is 13.2 Å². The average molecular weight is 404 g/mol. The van der Waals surface area contributed by atoms with Gasteiger partial charge in [0, 0.05) is 10.3 Å². The van der Waals surface area contributed by atoms with Gasteiger partial charge in [0.05, 0.1) is 5.56 Å². The molecule has 0 aliphatic carbocycles. The maximum Gasteiger partial charge on any atom is 0.416 e. The summed E-state index contributed by atoms with van der Waals surface area (Å²) in [5.41, 5.74) is 1.88. The summed E-state index contributed by atoms with van der Waals surface area (Å²) in [6, 6.07) is 15.1. The molecule has 0 fully saturated rings. The summed E-state index contributed by atoms with van der Waals surface area (Å²) in [5.74, 6) is 0.751. The average Bonchev–Trinajstić information content (AvgIpc) is 3.12. The minimum atomic E-state index is -4.32. The molecule has 1 heterocycles. The van der Waals surface area contributed by atoms with Crippen LogP contribution in [0.5, 0.6) is 5.75 Å². The van der Waals surface area contributed by atoms with Crippen molar-refractivity contribution < 1.29 is 17.9 Å². The number of hydrogen-bond acceptors (Lipinski definition) is 2. The second-order valence-electron chi connectivity index (χ2n) is 7.93. The first-order chi connectivity index (χ1) is 13.1. The highest BCUT2D eigenvalue weighted by molar-refractivity contribution is 7.10. The number of hydrogen-bond donors (Lipinski definition) is 0. The quantitative estimate of drug-likeness (QED) is 0.429. The van der Waals surface area contributed by atoms with E-state index in [-0.39, 0.29) is 11.5 Å². The number of halogens is 3. The first-order valence-electron chi connectivity index (χ1n) is 9.04. The highest BCUT2D eigenvalue weighted by Crippen LogP contribution is 2.40. The fourth-order valence-corrected chi connectivity index (χ4v) is 4.11. The summed E-state index contributed by atoms with van der Waals surface area (Å²) in [5, 5.41) is 2.04. The van der Waals surface area contributed by atoms with E-state index < -0.39 is 11.7 Å². The van der Waals surface area contributed by atoms with Crippen molar-refractivity contribution in [2.45, 2.75) is 40.0 Å². The predicted octanol–water partition coefficient (Wildman–Crippen LogP) is 7.91. The number of ether oxygens (including phenoxy) is 1. The van der Waals surface area contributed by atoms with Gasteiger partial charge in [0.2, 0.25) is 0 Å². The molecule has 0 saturated carbocycles. The SMILES string of the molecule is Cc1cc(OC(c2cccs2)C(C)(C)C)ccc1-c1ccc(C(F)(F)F)cc1. The molecule has 2 aromatic carbocycles. The Morgan fingerprint density at radius 3 is 2.11 bits per heavy atom. The Kier molecular flexibility index (Phi) is 5.57. The van der Waals surface area contributed by atoms with Crippen LogP contribution in [0.3, 0.4) is 0 Å². The fraction of sp³-hybridized carbons (Fsp3) is 0.304. The van der Waals surface area contributed by atoms with E-state index in [1.807, 2.05) is 36.6 Å². The molecule has 1 unspecified atom stereocenters. The van der Waals surface area contributed by atoms with Crippen molar-refractivity contribution in [1.29, 1.82) is 0 Å². The molecule has 0 aliphatic heterocycles. The lowest BCUT2D eigenvalue weighted by Gasteiger charge is -2.30. The van der Waals surface area contributed by atoms with Crippen molar-refractivity contribution in [2.75, 3.05) is 0 Å². The number of thiophene rings is 1. The van der Waals surface area contributed by atoms with Crippen LogP contribution in [0.15, 0.2) is 60.0 Å². The lowest BCUT2D eigenvalue weighted by Crippen LogP contribution is -2.23. The van der Waals surface area contributed by atoms with Crippen LogP contribution in [0.1, 0.15) is 42.9 Å². The zero-order chi connectivity index (χ0) is 20.5. The Morgan fingerprint density at radius 1 is 0.929 bits per heavy atom. The molecular weight excluding hydrogens is 381 g/mol. The summed E-state index contributed by atoms with van der Waals surface area (Å²) in [6.07, 6.45) is -4.40. The number of rotatable bonds is 4. The van der Waals surface area contributed by atoms with Crippen molar-refractivity contribution in [2.24, 2.45) is 5.41 Å². The van der Waals surface area contributed by atoms with Crippen molar-refractivity contribution in [3.05, 3.63) is 76.0 Å². The molecule has 0 spiro atoms. The Hall–Kier alpha value is -2.27. The van der Waals surface area contributed by atoms with E-state index in [4.69, 9.17) is 4.74 Å². The van der Waals surface area contributed by atoms with Gasteiger partial charge in [-0.15, -0.1) is 11.3 Å². The molecule has 148 valence electrons.